The van der Waals surface area contributed by atoms with Crippen LogP contribution in [-0.4, -0.2) is 19.9 Å². The summed E-state index contributed by atoms with van der Waals surface area (Å²) in [5.41, 5.74) is 0. The molecule has 0 spiro atoms. The molecule has 0 heterocycles. The molecule has 11 heavy (non-hydrogen) atoms. The Labute approximate surface area is 66.9 Å². The largest absolute Gasteiger partial charge is 0.229 e. The summed E-state index contributed by atoms with van der Waals surface area (Å²) in [5, 5.41) is 0.0671. The van der Waals surface area contributed by atoms with Gasteiger partial charge in [-0.05, 0) is 36.5 Å². The molecule has 0 radical (unpaired) electrons. The van der Waals surface area contributed by atoms with Crippen molar-refractivity contribution in [1.82, 2.24) is 0 Å². The lowest BCUT2D eigenvalue weighted by Crippen LogP contribution is -2.23. The van der Waals surface area contributed by atoms with E-state index >= 15 is 0 Å². The number of hydrogen-bond acceptors (Lipinski definition) is 2. The van der Waals surface area contributed by atoms with Crippen LogP contribution in [0.1, 0.15) is 12.8 Å². The van der Waals surface area contributed by atoms with Gasteiger partial charge < -0.3 is 0 Å². The summed E-state index contributed by atoms with van der Waals surface area (Å²) in [7, 11) is -2.72. The van der Waals surface area contributed by atoms with Crippen molar-refractivity contribution < 1.29 is 8.42 Å². The van der Waals surface area contributed by atoms with Gasteiger partial charge in [-0.2, -0.15) is 0 Å². The molecule has 62 valence electrons. The highest BCUT2D eigenvalue weighted by atomic mass is 32.2. The highest BCUT2D eigenvalue weighted by molar-refractivity contribution is 7.91. The van der Waals surface area contributed by atoms with Crippen molar-refractivity contribution in [3.05, 3.63) is 0 Å². The second kappa shape index (κ2) is 1.51. The molecule has 4 fully saturated rings. The minimum Gasteiger partial charge on any atom is -0.229 e. The van der Waals surface area contributed by atoms with Crippen molar-refractivity contribution in [1.29, 1.82) is 0 Å². The molecule has 3 unspecified atom stereocenters. The lowest BCUT2D eigenvalue weighted by atomic mass is 10.1. The molecule has 4 aliphatic carbocycles. The third-order valence-corrected chi connectivity index (χ3v) is 5.57. The van der Waals surface area contributed by atoms with Gasteiger partial charge in [0.2, 0.25) is 0 Å². The van der Waals surface area contributed by atoms with E-state index in [1.807, 2.05) is 0 Å². The van der Waals surface area contributed by atoms with Crippen molar-refractivity contribution in [2.45, 2.75) is 18.1 Å². The molecule has 0 N–H and O–H groups in total. The van der Waals surface area contributed by atoms with Crippen LogP contribution in [0.4, 0.5) is 0 Å². The molecule has 4 aliphatic rings. The Morgan fingerprint density at radius 1 is 1.18 bits per heavy atom. The molecule has 4 saturated carbocycles. The second-order valence-corrected chi connectivity index (χ2v) is 6.63. The van der Waals surface area contributed by atoms with Crippen LogP contribution in [0.5, 0.6) is 0 Å². The van der Waals surface area contributed by atoms with Crippen LogP contribution in [0.2, 0.25) is 0 Å². The van der Waals surface area contributed by atoms with E-state index in [-0.39, 0.29) is 5.25 Å². The van der Waals surface area contributed by atoms with E-state index in [0.29, 0.717) is 11.8 Å². The van der Waals surface area contributed by atoms with Crippen LogP contribution in [0.25, 0.3) is 0 Å². The predicted octanol–water partition coefficient (Wildman–Crippen LogP) is 0.685. The van der Waals surface area contributed by atoms with E-state index in [2.05, 4.69) is 0 Å². The molecule has 0 aromatic rings. The smallest absolute Gasteiger partial charge is 0.150 e. The highest BCUT2D eigenvalue weighted by Gasteiger charge is 2.70. The summed E-state index contributed by atoms with van der Waals surface area (Å²) in [6.45, 7) is 0. The molecule has 5 atom stereocenters. The maximum Gasteiger partial charge on any atom is 0.150 e. The van der Waals surface area contributed by atoms with Gasteiger partial charge in [-0.15, -0.1) is 0 Å². The zero-order valence-electron chi connectivity index (χ0n) is 6.53. The lowest BCUT2D eigenvalue weighted by molar-refractivity contribution is 0.547. The molecular weight excluding hydrogens is 160 g/mol. The zero-order chi connectivity index (χ0) is 7.80. The first kappa shape index (κ1) is 6.46. The standard InChI is InChI=1S/C8H12O2S/c1-11(9,10)8-4-2-5-6(3-4)7(5)8/h4-8H,2-3H2,1H3/t4?,5-,6?,7?,8+/m0/s1. The minimum atomic E-state index is -2.72. The Hall–Kier alpha value is -0.0500. The van der Waals surface area contributed by atoms with Gasteiger partial charge in [0.25, 0.3) is 0 Å². The van der Waals surface area contributed by atoms with Crippen LogP contribution >= 0.6 is 0 Å². The fourth-order valence-corrected chi connectivity index (χ4v) is 5.53. The zero-order valence-corrected chi connectivity index (χ0v) is 7.34. The fraction of sp³-hybridized carbons (Fsp3) is 1.00. The van der Waals surface area contributed by atoms with Crippen LogP contribution in [0.3, 0.4) is 0 Å². The van der Waals surface area contributed by atoms with Crippen molar-refractivity contribution >= 4 is 9.84 Å². The van der Waals surface area contributed by atoms with Crippen LogP contribution in [-0.2, 0) is 9.84 Å². The van der Waals surface area contributed by atoms with Gasteiger partial charge in [0.05, 0.1) is 5.25 Å². The monoisotopic (exact) mass is 172 g/mol. The summed E-state index contributed by atoms with van der Waals surface area (Å²) >= 11 is 0. The van der Waals surface area contributed by atoms with Crippen molar-refractivity contribution in [3.63, 3.8) is 0 Å². The van der Waals surface area contributed by atoms with Crippen LogP contribution in [0.15, 0.2) is 0 Å². The number of rotatable bonds is 1. The second-order valence-electron chi connectivity index (χ2n) is 4.43. The highest BCUT2D eigenvalue weighted by Crippen LogP contribution is 2.71. The Balaban J connectivity index is 2.04. The van der Waals surface area contributed by atoms with Crippen LogP contribution < -0.4 is 0 Å². The summed E-state index contributed by atoms with van der Waals surface area (Å²) in [6, 6.07) is 0. The first-order valence-corrected chi connectivity index (χ1v) is 6.23. The summed E-state index contributed by atoms with van der Waals surface area (Å²) in [5.74, 6) is 2.78. The molecule has 4 rings (SSSR count). The minimum absolute atomic E-state index is 0.0671. The van der Waals surface area contributed by atoms with E-state index in [9.17, 15) is 8.42 Å². The molecule has 2 nitrogen and oxygen atoms in total. The summed E-state index contributed by atoms with van der Waals surface area (Å²) in [6.07, 6.45) is 3.84. The van der Waals surface area contributed by atoms with Crippen molar-refractivity contribution in [2.75, 3.05) is 6.26 Å². The topological polar surface area (TPSA) is 34.1 Å². The van der Waals surface area contributed by atoms with E-state index < -0.39 is 9.84 Å². The summed E-state index contributed by atoms with van der Waals surface area (Å²) < 4.78 is 22.6. The van der Waals surface area contributed by atoms with E-state index in [1.54, 1.807) is 0 Å². The number of sulfone groups is 1. The molecule has 0 saturated heterocycles. The van der Waals surface area contributed by atoms with Gasteiger partial charge in [-0.25, -0.2) is 8.42 Å². The Morgan fingerprint density at radius 2 is 1.73 bits per heavy atom. The molecule has 0 aliphatic heterocycles. The van der Waals surface area contributed by atoms with E-state index in [1.165, 1.54) is 19.1 Å². The lowest BCUT2D eigenvalue weighted by Gasteiger charge is -2.11. The third-order valence-electron chi connectivity index (χ3n) is 3.89. The van der Waals surface area contributed by atoms with E-state index in [4.69, 9.17) is 0 Å². The third kappa shape index (κ3) is 0.616. The fourth-order valence-electron chi connectivity index (χ4n) is 3.64. The first-order valence-electron chi connectivity index (χ1n) is 4.28. The van der Waals surface area contributed by atoms with E-state index in [0.717, 1.165) is 11.8 Å². The molecular formula is C8H12O2S. The maximum atomic E-state index is 11.3. The van der Waals surface area contributed by atoms with Crippen molar-refractivity contribution in [3.8, 4) is 0 Å². The Morgan fingerprint density at radius 3 is 1.91 bits per heavy atom. The van der Waals surface area contributed by atoms with Crippen LogP contribution in [0, 0.1) is 23.7 Å². The van der Waals surface area contributed by atoms with Gasteiger partial charge in [-0.3, -0.25) is 0 Å². The van der Waals surface area contributed by atoms with Gasteiger partial charge in [0.15, 0.2) is 9.84 Å². The maximum absolute atomic E-state index is 11.3. The Kier molecular flexibility index (Phi) is 0.889. The normalized spacial score (nSPS) is 58.5. The molecule has 3 heteroatoms. The average molecular weight is 172 g/mol. The molecule has 0 aromatic heterocycles. The van der Waals surface area contributed by atoms with Gasteiger partial charge >= 0.3 is 0 Å². The first-order chi connectivity index (χ1) is 5.09. The predicted molar refractivity (Wildman–Crippen MR) is 41.8 cm³/mol. The van der Waals surface area contributed by atoms with Gasteiger partial charge in [0, 0.05) is 6.26 Å². The SMILES string of the molecule is CS(=O)(=O)[C@@H]1C2CC3C1[C@H]3C2. The van der Waals surface area contributed by atoms with Gasteiger partial charge in [-0.1, -0.05) is 0 Å². The molecule has 0 amide bonds. The van der Waals surface area contributed by atoms with Gasteiger partial charge in [0.1, 0.15) is 0 Å². The molecule has 0 aromatic carbocycles. The van der Waals surface area contributed by atoms with Crippen molar-refractivity contribution in [2.24, 2.45) is 23.7 Å². The summed E-state index contributed by atoms with van der Waals surface area (Å²) in [4.78, 5) is 0. The average Bonchev–Trinajstić information content (AvgIpc) is 2.35. The quantitative estimate of drug-likeness (QED) is 0.583. The Bertz CT molecular complexity index is 292. The molecule has 4 bridgehead atoms. The number of hydrogen-bond donors (Lipinski definition) is 0.